The van der Waals surface area contributed by atoms with Crippen molar-refractivity contribution in [3.63, 3.8) is 0 Å². The lowest BCUT2D eigenvalue weighted by Crippen LogP contribution is -2.33. The van der Waals surface area contributed by atoms with E-state index in [1.165, 1.54) is 11.6 Å². The van der Waals surface area contributed by atoms with Crippen LogP contribution in [0.1, 0.15) is 29.7 Å². The molecule has 0 aliphatic carbocycles. The van der Waals surface area contributed by atoms with Gasteiger partial charge in [0.2, 0.25) is 0 Å². The number of nitro groups is 1. The fraction of sp³-hybridized carbons (Fsp3) is 0.278. The number of non-ortho nitro benzene ring substituents is 1. The minimum Gasteiger partial charge on any atom is -0.345 e. The van der Waals surface area contributed by atoms with E-state index >= 15 is 0 Å². The molecule has 2 aromatic rings. The lowest BCUT2D eigenvalue weighted by atomic mass is 10.1. The molecule has 0 unspecified atom stereocenters. The van der Waals surface area contributed by atoms with Gasteiger partial charge in [0, 0.05) is 24.9 Å². The van der Waals surface area contributed by atoms with Crippen molar-refractivity contribution in [2.45, 2.75) is 26.8 Å². The average Bonchev–Trinajstić information content (AvgIpc) is 2.57. The van der Waals surface area contributed by atoms with E-state index in [2.05, 4.69) is 18.3 Å². The zero-order valence-corrected chi connectivity index (χ0v) is 15.1. The van der Waals surface area contributed by atoms with Crippen LogP contribution in [-0.2, 0) is 0 Å². The number of hydrogen-bond donors (Lipinski definition) is 1. The highest BCUT2D eigenvalue weighted by atomic mass is 32.1. The molecule has 0 radical (unpaired) electrons. The number of nitrogens with one attached hydrogen (secondary N) is 1. The van der Waals surface area contributed by atoms with E-state index < -0.39 is 0 Å². The minimum atomic E-state index is -0.386. The quantitative estimate of drug-likeness (QED) is 0.499. The van der Waals surface area contributed by atoms with Gasteiger partial charge in [-0.1, -0.05) is 24.3 Å². The van der Waals surface area contributed by atoms with Crippen molar-refractivity contribution in [2.75, 3.05) is 12.4 Å². The second-order valence-corrected chi connectivity index (χ2v) is 6.20. The Hall–Kier alpha value is -2.47. The van der Waals surface area contributed by atoms with Gasteiger partial charge in [-0.15, -0.1) is 0 Å². The van der Waals surface area contributed by atoms with Crippen LogP contribution < -0.4 is 5.32 Å². The summed E-state index contributed by atoms with van der Waals surface area (Å²) < 4.78 is 0. The van der Waals surface area contributed by atoms with Crippen molar-refractivity contribution in [1.29, 1.82) is 0 Å². The fourth-order valence-electron chi connectivity index (χ4n) is 2.39. The molecule has 0 amide bonds. The topological polar surface area (TPSA) is 58.4 Å². The number of benzene rings is 2. The van der Waals surface area contributed by atoms with Gasteiger partial charge in [-0.25, -0.2) is 0 Å². The SMILES string of the molecule is Cc1cccc(NC(=S)N(C)[C@@H](C)c2cccc([N+](=O)[O-])c2)c1C. The third-order valence-electron chi connectivity index (χ3n) is 4.31. The maximum atomic E-state index is 10.9. The van der Waals surface area contributed by atoms with Crippen LogP contribution in [0.5, 0.6) is 0 Å². The standard InChI is InChI=1S/C18H21N3O2S/c1-12-7-5-10-17(13(12)2)19-18(24)20(4)14(3)15-8-6-9-16(11-15)21(22)23/h5-11,14H,1-4H3,(H,19,24)/t14-/m0/s1. The number of thiocarbonyl (C=S) groups is 1. The highest BCUT2D eigenvalue weighted by molar-refractivity contribution is 7.80. The maximum absolute atomic E-state index is 10.9. The largest absolute Gasteiger partial charge is 0.345 e. The summed E-state index contributed by atoms with van der Waals surface area (Å²) in [7, 11) is 1.88. The van der Waals surface area contributed by atoms with Gasteiger partial charge in [0.25, 0.3) is 5.69 Å². The van der Waals surface area contributed by atoms with E-state index in [9.17, 15) is 10.1 Å². The molecule has 5 nitrogen and oxygen atoms in total. The zero-order valence-electron chi connectivity index (χ0n) is 14.2. The Morgan fingerprint density at radius 2 is 1.92 bits per heavy atom. The smallest absolute Gasteiger partial charge is 0.269 e. The molecule has 24 heavy (non-hydrogen) atoms. The van der Waals surface area contributed by atoms with Gasteiger partial charge in [0.1, 0.15) is 0 Å². The maximum Gasteiger partial charge on any atom is 0.269 e. The molecule has 126 valence electrons. The molecular weight excluding hydrogens is 322 g/mol. The second-order valence-electron chi connectivity index (χ2n) is 5.82. The summed E-state index contributed by atoms with van der Waals surface area (Å²) in [6.45, 7) is 6.07. The molecule has 0 aliphatic heterocycles. The molecule has 2 rings (SSSR count). The van der Waals surface area contributed by atoms with Crippen molar-refractivity contribution in [1.82, 2.24) is 4.90 Å². The Morgan fingerprint density at radius 3 is 2.58 bits per heavy atom. The Balaban J connectivity index is 2.16. The van der Waals surface area contributed by atoms with Gasteiger partial charge in [0.15, 0.2) is 5.11 Å². The summed E-state index contributed by atoms with van der Waals surface area (Å²) in [4.78, 5) is 12.5. The van der Waals surface area contributed by atoms with Crippen molar-refractivity contribution >= 4 is 28.7 Å². The second kappa shape index (κ2) is 7.40. The van der Waals surface area contributed by atoms with Gasteiger partial charge in [-0.2, -0.15) is 0 Å². The van der Waals surface area contributed by atoms with Gasteiger partial charge < -0.3 is 10.2 Å². The monoisotopic (exact) mass is 343 g/mol. The summed E-state index contributed by atoms with van der Waals surface area (Å²) in [6, 6.07) is 12.6. The summed E-state index contributed by atoms with van der Waals surface area (Å²) in [5, 5.41) is 14.8. The number of anilines is 1. The third kappa shape index (κ3) is 3.89. The van der Waals surface area contributed by atoms with E-state index in [1.54, 1.807) is 12.1 Å². The molecule has 0 aliphatic rings. The molecular formula is C18H21N3O2S. The predicted molar refractivity (Wildman–Crippen MR) is 101 cm³/mol. The molecule has 1 N–H and O–H groups in total. The van der Waals surface area contributed by atoms with Gasteiger partial charge in [-0.3, -0.25) is 10.1 Å². The number of rotatable bonds is 4. The van der Waals surface area contributed by atoms with E-state index in [0.29, 0.717) is 5.11 Å². The Labute approximate surface area is 147 Å². The van der Waals surface area contributed by atoms with Gasteiger partial charge >= 0.3 is 0 Å². The van der Waals surface area contributed by atoms with Gasteiger partial charge in [0.05, 0.1) is 11.0 Å². The highest BCUT2D eigenvalue weighted by Gasteiger charge is 2.17. The van der Waals surface area contributed by atoms with Crippen LogP contribution in [0.2, 0.25) is 0 Å². The Bertz CT molecular complexity index is 777. The van der Waals surface area contributed by atoms with Crippen LogP contribution in [0.4, 0.5) is 11.4 Å². The predicted octanol–water partition coefficient (Wildman–Crippen LogP) is 4.60. The first-order chi connectivity index (χ1) is 11.3. The zero-order chi connectivity index (χ0) is 17.9. The van der Waals surface area contributed by atoms with Gasteiger partial charge in [-0.05, 0) is 55.7 Å². The van der Waals surface area contributed by atoms with Crippen molar-refractivity contribution < 1.29 is 4.92 Å². The molecule has 0 saturated carbocycles. The van der Waals surface area contributed by atoms with Crippen LogP contribution >= 0.6 is 12.2 Å². The molecule has 0 heterocycles. The fourth-order valence-corrected chi connectivity index (χ4v) is 2.66. The van der Waals surface area contributed by atoms with E-state index in [-0.39, 0.29) is 16.7 Å². The van der Waals surface area contributed by atoms with Crippen molar-refractivity contribution in [3.8, 4) is 0 Å². The van der Waals surface area contributed by atoms with E-state index in [4.69, 9.17) is 12.2 Å². The van der Waals surface area contributed by atoms with Crippen LogP contribution in [-0.4, -0.2) is 22.0 Å². The summed E-state index contributed by atoms with van der Waals surface area (Å²) >= 11 is 5.50. The van der Waals surface area contributed by atoms with E-state index in [1.807, 2.05) is 44.0 Å². The molecule has 0 bridgehead atoms. The first-order valence-corrected chi connectivity index (χ1v) is 8.06. The summed E-state index contributed by atoms with van der Waals surface area (Å²) in [5.74, 6) is 0. The molecule has 0 saturated heterocycles. The first kappa shape index (κ1) is 17.9. The lowest BCUT2D eigenvalue weighted by Gasteiger charge is -2.28. The lowest BCUT2D eigenvalue weighted by molar-refractivity contribution is -0.384. The number of hydrogen-bond acceptors (Lipinski definition) is 3. The van der Waals surface area contributed by atoms with Crippen LogP contribution in [0.15, 0.2) is 42.5 Å². The summed E-state index contributed by atoms with van der Waals surface area (Å²) in [5.41, 5.74) is 4.24. The number of nitrogens with zero attached hydrogens (tertiary/aromatic N) is 2. The highest BCUT2D eigenvalue weighted by Crippen LogP contribution is 2.24. The molecule has 1 atom stereocenters. The first-order valence-electron chi connectivity index (χ1n) is 7.65. The third-order valence-corrected chi connectivity index (χ3v) is 4.70. The molecule has 0 spiro atoms. The average molecular weight is 343 g/mol. The molecule has 0 aromatic heterocycles. The molecule has 2 aromatic carbocycles. The van der Waals surface area contributed by atoms with Crippen LogP contribution in [0.25, 0.3) is 0 Å². The Kier molecular flexibility index (Phi) is 5.51. The van der Waals surface area contributed by atoms with Crippen LogP contribution in [0.3, 0.4) is 0 Å². The van der Waals surface area contributed by atoms with Crippen molar-refractivity contribution in [2.24, 2.45) is 0 Å². The normalized spacial score (nSPS) is 11.7. The molecule has 0 fully saturated rings. The number of nitro benzene ring substituents is 1. The van der Waals surface area contributed by atoms with Crippen molar-refractivity contribution in [3.05, 3.63) is 69.3 Å². The minimum absolute atomic E-state index is 0.0844. The summed E-state index contributed by atoms with van der Waals surface area (Å²) in [6.07, 6.45) is 0. The van der Waals surface area contributed by atoms with E-state index in [0.717, 1.165) is 16.8 Å². The number of aryl methyl sites for hydroxylation is 1. The van der Waals surface area contributed by atoms with Crippen LogP contribution in [0, 0.1) is 24.0 Å². The molecule has 6 heteroatoms. The Morgan fingerprint density at radius 1 is 1.25 bits per heavy atom.